The summed E-state index contributed by atoms with van der Waals surface area (Å²) in [6, 6.07) is 16.7. The molecule has 0 radical (unpaired) electrons. The lowest BCUT2D eigenvalue weighted by molar-refractivity contribution is -0.170. The van der Waals surface area contributed by atoms with Crippen LogP contribution in [0.2, 0.25) is 0 Å². The number of carbonyl (C=O) groups excluding carboxylic acids is 3. The number of piperidine rings is 1. The average molecular weight is 554 g/mol. The van der Waals surface area contributed by atoms with Crippen molar-refractivity contribution in [2.75, 3.05) is 26.8 Å². The molecule has 1 N–H and O–H groups in total. The summed E-state index contributed by atoms with van der Waals surface area (Å²) in [5, 5.41) is 3.34. The van der Waals surface area contributed by atoms with Crippen LogP contribution in [0.5, 0.6) is 5.75 Å². The quantitative estimate of drug-likeness (QED) is 0.160. The van der Waals surface area contributed by atoms with Gasteiger partial charge in [0.25, 0.3) is 0 Å². The Bertz CT molecular complexity index is 1100. The van der Waals surface area contributed by atoms with Crippen molar-refractivity contribution in [3.8, 4) is 5.75 Å². The van der Waals surface area contributed by atoms with E-state index < -0.39 is 28.9 Å². The van der Waals surface area contributed by atoms with E-state index in [2.05, 4.69) is 5.32 Å². The minimum absolute atomic E-state index is 0.0756. The van der Waals surface area contributed by atoms with Crippen LogP contribution < -0.4 is 10.1 Å². The predicted molar refractivity (Wildman–Crippen MR) is 152 cm³/mol. The van der Waals surface area contributed by atoms with Crippen molar-refractivity contribution in [1.29, 1.82) is 0 Å². The highest BCUT2D eigenvalue weighted by Crippen LogP contribution is 2.37. The van der Waals surface area contributed by atoms with Gasteiger partial charge in [-0.25, -0.2) is 0 Å². The summed E-state index contributed by atoms with van der Waals surface area (Å²) in [7, 11) is 1.26. The Hall–Kier alpha value is -3.39. The molecular weight excluding hydrogens is 510 g/mol. The van der Waals surface area contributed by atoms with Crippen LogP contribution in [0.1, 0.15) is 64.0 Å². The molecule has 1 saturated heterocycles. The molecule has 0 spiro atoms. The second-order valence-electron chi connectivity index (χ2n) is 11.3. The van der Waals surface area contributed by atoms with Gasteiger partial charge in [0, 0.05) is 0 Å². The maximum atomic E-state index is 13.1. The van der Waals surface area contributed by atoms with Crippen LogP contribution in [0.3, 0.4) is 0 Å². The molecule has 0 aromatic heterocycles. The van der Waals surface area contributed by atoms with Crippen LogP contribution in [0.4, 0.5) is 0 Å². The zero-order valence-corrected chi connectivity index (χ0v) is 24.2. The van der Waals surface area contributed by atoms with E-state index in [9.17, 15) is 14.4 Å². The molecule has 0 amide bonds. The highest BCUT2D eigenvalue weighted by atomic mass is 16.6. The minimum atomic E-state index is -1.10. The number of hydrogen-bond donors (Lipinski definition) is 1. The number of ether oxygens (including phenoxy) is 4. The molecule has 1 heterocycles. The second-order valence-corrected chi connectivity index (χ2v) is 11.3. The summed E-state index contributed by atoms with van der Waals surface area (Å²) < 4.78 is 22.2. The fourth-order valence-electron chi connectivity index (χ4n) is 4.86. The van der Waals surface area contributed by atoms with E-state index in [-0.39, 0.29) is 19.0 Å². The van der Waals surface area contributed by atoms with Crippen LogP contribution in [-0.2, 0) is 41.6 Å². The van der Waals surface area contributed by atoms with E-state index in [1.165, 1.54) is 7.11 Å². The first kappa shape index (κ1) is 31.1. The van der Waals surface area contributed by atoms with Crippen LogP contribution in [0, 0.1) is 11.3 Å². The second kappa shape index (κ2) is 14.8. The molecular formula is C32H43NO7. The normalized spacial score (nSPS) is 15.5. The van der Waals surface area contributed by atoms with Gasteiger partial charge < -0.3 is 24.3 Å². The molecule has 1 unspecified atom stereocenters. The molecule has 1 aliphatic heterocycles. The van der Waals surface area contributed by atoms with Crippen molar-refractivity contribution in [2.45, 2.75) is 71.5 Å². The fraction of sp³-hybridized carbons (Fsp3) is 0.531. The third-order valence-electron chi connectivity index (χ3n) is 7.09. The van der Waals surface area contributed by atoms with E-state index in [0.29, 0.717) is 12.4 Å². The molecule has 2 aromatic carbocycles. The number of esters is 3. The van der Waals surface area contributed by atoms with Gasteiger partial charge in [0.2, 0.25) is 0 Å². The van der Waals surface area contributed by atoms with Crippen LogP contribution in [0.15, 0.2) is 54.6 Å². The first-order valence-electron chi connectivity index (χ1n) is 14.1. The van der Waals surface area contributed by atoms with Crippen molar-refractivity contribution in [3.63, 3.8) is 0 Å². The summed E-state index contributed by atoms with van der Waals surface area (Å²) >= 11 is 0. The molecule has 40 heavy (non-hydrogen) atoms. The lowest BCUT2D eigenvalue weighted by Gasteiger charge is -2.37. The number of nitrogens with one attached hydrogen (secondary N) is 1. The molecule has 8 heteroatoms. The van der Waals surface area contributed by atoms with Gasteiger partial charge in [0.15, 0.2) is 5.92 Å². The number of benzene rings is 2. The molecule has 218 valence electrons. The first-order valence-corrected chi connectivity index (χ1v) is 14.1. The number of methoxy groups -OCH3 is 1. The summed E-state index contributed by atoms with van der Waals surface area (Å²) in [5.41, 5.74) is 0.571. The number of unbranched alkanes of at least 4 members (excludes halogenated alkanes) is 1. The Morgan fingerprint density at radius 3 is 2.27 bits per heavy atom. The van der Waals surface area contributed by atoms with Gasteiger partial charge in [-0.05, 0) is 89.6 Å². The maximum absolute atomic E-state index is 13.1. The van der Waals surface area contributed by atoms with E-state index in [4.69, 9.17) is 18.9 Å². The molecule has 2 aromatic rings. The monoisotopic (exact) mass is 553 g/mol. The molecule has 8 nitrogen and oxygen atoms in total. The van der Waals surface area contributed by atoms with Gasteiger partial charge in [-0.1, -0.05) is 48.5 Å². The van der Waals surface area contributed by atoms with Gasteiger partial charge in [-0.3, -0.25) is 14.4 Å². The van der Waals surface area contributed by atoms with E-state index in [1.54, 1.807) is 0 Å². The van der Waals surface area contributed by atoms with Crippen LogP contribution in [0.25, 0.3) is 0 Å². The van der Waals surface area contributed by atoms with Crippen LogP contribution >= 0.6 is 0 Å². The fourth-order valence-corrected chi connectivity index (χ4v) is 4.86. The standard InChI is InChI=1S/C32H43NO7/c1-31(2,3)40-30(36)32(17-19-33-20-18-32)16-10-11-21-38-27-15-9-8-14-25(27)22-26(28(34)37-4)29(35)39-23-24-12-6-5-7-13-24/h5-9,12-15,26,33H,10-11,16-23H2,1-4H3. The molecule has 0 bridgehead atoms. The molecule has 0 saturated carbocycles. The lowest BCUT2D eigenvalue weighted by Crippen LogP contribution is -2.45. The summed E-state index contributed by atoms with van der Waals surface area (Å²) in [4.78, 5) is 38.4. The van der Waals surface area contributed by atoms with Gasteiger partial charge in [-0.15, -0.1) is 0 Å². The smallest absolute Gasteiger partial charge is 0.321 e. The van der Waals surface area contributed by atoms with Crippen molar-refractivity contribution < 1.29 is 33.3 Å². The molecule has 1 aliphatic rings. The Morgan fingerprint density at radius 2 is 1.60 bits per heavy atom. The maximum Gasteiger partial charge on any atom is 0.321 e. The average Bonchev–Trinajstić information content (AvgIpc) is 2.95. The van der Waals surface area contributed by atoms with Crippen molar-refractivity contribution >= 4 is 17.9 Å². The Morgan fingerprint density at radius 1 is 0.925 bits per heavy atom. The highest BCUT2D eigenvalue weighted by molar-refractivity contribution is 5.95. The zero-order valence-electron chi connectivity index (χ0n) is 24.2. The van der Waals surface area contributed by atoms with E-state index in [1.807, 2.05) is 75.4 Å². The number of rotatable bonds is 13. The van der Waals surface area contributed by atoms with E-state index >= 15 is 0 Å². The SMILES string of the molecule is COC(=O)C(Cc1ccccc1OCCCCC1(C(=O)OC(C)(C)C)CCNCC1)C(=O)OCc1ccccc1. The van der Waals surface area contributed by atoms with Gasteiger partial charge >= 0.3 is 17.9 Å². The minimum Gasteiger partial charge on any atom is -0.493 e. The summed E-state index contributed by atoms with van der Waals surface area (Å²) in [6.45, 7) is 7.83. The topological polar surface area (TPSA) is 100 Å². The van der Waals surface area contributed by atoms with Crippen LogP contribution in [-0.4, -0.2) is 50.3 Å². The molecule has 3 rings (SSSR count). The Labute approximate surface area is 237 Å². The number of hydrogen-bond acceptors (Lipinski definition) is 8. The summed E-state index contributed by atoms with van der Waals surface area (Å²) in [6.07, 6.45) is 3.95. The lowest BCUT2D eigenvalue weighted by atomic mass is 9.75. The van der Waals surface area contributed by atoms with E-state index in [0.717, 1.165) is 56.3 Å². The first-order chi connectivity index (χ1) is 19.1. The Balaban J connectivity index is 1.56. The van der Waals surface area contributed by atoms with Crippen molar-refractivity contribution in [1.82, 2.24) is 5.32 Å². The zero-order chi connectivity index (χ0) is 29.0. The predicted octanol–water partition coefficient (Wildman–Crippen LogP) is 5.02. The molecule has 1 fully saturated rings. The molecule has 0 aliphatic carbocycles. The van der Waals surface area contributed by atoms with Crippen molar-refractivity contribution in [2.24, 2.45) is 11.3 Å². The third-order valence-corrected chi connectivity index (χ3v) is 7.09. The van der Waals surface area contributed by atoms with Gasteiger partial charge in [-0.2, -0.15) is 0 Å². The summed E-state index contributed by atoms with van der Waals surface area (Å²) in [5.74, 6) is -1.90. The van der Waals surface area contributed by atoms with Gasteiger partial charge in [0.1, 0.15) is 18.0 Å². The molecule has 1 atom stereocenters. The Kier molecular flexibility index (Phi) is 11.6. The van der Waals surface area contributed by atoms with Crippen molar-refractivity contribution in [3.05, 3.63) is 65.7 Å². The van der Waals surface area contributed by atoms with Gasteiger partial charge in [0.05, 0.1) is 19.1 Å². The largest absolute Gasteiger partial charge is 0.493 e. The number of carbonyl (C=O) groups is 3. The highest BCUT2D eigenvalue weighted by Gasteiger charge is 2.42. The third kappa shape index (κ3) is 9.37. The number of para-hydroxylation sites is 1.